The summed E-state index contributed by atoms with van der Waals surface area (Å²) in [4.78, 5) is 5.31. The van der Waals surface area contributed by atoms with E-state index in [4.69, 9.17) is 0 Å². The van der Waals surface area contributed by atoms with Crippen LogP contribution in [0.4, 0.5) is 5.69 Å². The van der Waals surface area contributed by atoms with Crippen LogP contribution in [-0.4, -0.2) is 56.0 Å². The summed E-state index contributed by atoms with van der Waals surface area (Å²) >= 11 is 0. The van der Waals surface area contributed by atoms with Gasteiger partial charge >= 0.3 is 0 Å². The second-order valence-corrected chi connectivity index (χ2v) is 13.8. The normalized spacial score (nSPS) is 19.4. The monoisotopic (exact) mass is 462 g/mol. The minimum Gasteiger partial charge on any atom is -0.371 e. The molecule has 1 aromatic rings. The number of aryl methyl sites for hydroxylation is 1. The summed E-state index contributed by atoms with van der Waals surface area (Å²) in [6, 6.07) is 10.0. The van der Waals surface area contributed by atoms with Gasteiger partial charge in [-0.05, 0) is 96.5 Å². The van der Waals surface area contributed by atoms with Crippen molar-refractivity contribution in [3.63, 3.8) is 0 Å². The van der Waals surface area contributed by atoms with Crippen molar-refractivity contribution in [1.29, 1.82) is 0 Å². The van der Waals surface area contributed by atoms with Gasteiger partial charge in [-0.1, -0.05) is 37.8 Å². The molecule has 2 aliphatic heterocycles. The van der Waals surface area contributed by atoms with Crippen LogP contribution in [0.25, 0.3) is 0 Å². The molecular weight excluding hydrogens is 416 g/mol. The summed E-state index contributed by atoms with van der Waals surface area (Å²) in [5, 5.41) is 0. The molecule has 0 N–H and O–H groups in total. The SMILES string of the molecule is CC(C)(C)S(=O)(=O)CCCCCCCc1ccc(N2CCC(N3CCCCC3)CC2)cc1. The first-order chi connectivity index (χ1) is 15.3. The quantitative estimate of drug-likeness (QED) is 0.409. The fraction of sp³-hybridized carbons (Fsp3) is 0.778. The lowest BCUT2D eigenvalue weighted by Crippen LogP contribution is -2.46. The van der Waals surface area contributed by atoms with Crippen LogP contribution in [-0.2, 0) is 16.3 Å². The molecule has 0 aromatic heterocycles. The van der Waals surface area contributed by atoms with Gasteiger partial charge in [0, 0.05) is 24.8 Å². The van der Waals surface area contributed by atoms with E-state index in [-0.39, 0.29) is 0 Å². The van der Waals surface area contributed by atoms with Gasteiger partial charge in [-0.15, -0.1) is 0 Å². The summed E-state index contributed by atoms with van der Waals surface area (Å²) in [6.07, 6.45) is 13.2. The number of hydrogen-bond acceptors (Lipinski definition) is 4. The number of likely N-dealkylation sites (tertiary alicyclic amines) is 1. The Bertz CT molecular complexity index is 769. The van der Waals surface area contributed by atoms with Crippen LogP contribution in [0, 0.1) is 0 Å². The highest BCUT2D eigenvalue weighted by molar-refractivity contribution is 7.92. The van der Waals surface area contributed by atoms with E-state index in [2.05, 4.69) is 34.1 Å². The average Bonchev–Trinajstić information content (AvgIpc) is 2.79. The number of piperidine rings is 2. The first kappa shape index (κ1) is 25.6. The predicted molar refractivity (Wildman–Crippen MR) is 137 cm³/mol. The van der Waals surface area contributed by atoms with Gasteiger partial charge in [0.15, 0.2) is 9.84 Å². The molecule has 2 fully saturated rings. The van der Waals surface area contributed by atoms with E-state index in [1.807, 2.05) is 0 Å². The highest BCUT2D eigenvalue weighted by Gasteiger charge is 2.28. The van der Waals surface area contributed by atoms with Crippen molar-refractivity contribution >= 4 is 15.5 Å². The van der Waals surface area contributed by atoms with Crippen molar-refractivity contribution in [1.82, 2.24) is 4.90 Å². The van der Waals surface area contributed by atoms with Crippen LogP contribution < -0.4 is 4.90 Å². The van der Waals surface area contributed by atoms with Crippen LogP contribution in [0.15, 0.2) is 24.3 Å². The van der Waals surface area contributed by atoms with Crippen molar-refractivity contribution in [2.75, 3.05) is 36.8 Å². The van der Waals surface area contributed by atoms with Gasteiger partial charge in [-0.3, -0.25) is 0 Å². The second-order valence-electron chi connectivity index (χ2n) is 10.9. The molecule has 0 spiro atoms. The summed E-state index contributed by atoms with van der Waals surface area (Å²) in [6.45, 7) is 10.4. The van der Waals surface area contributed by atoms with Gasteiger partial charge < -0.3 is 9.80 Å². The lowest BCUT2D eigenvalue weighted by molar-refractivity contribution is 0.141. The lowest BCUT2D eigenvalue weighted by Gasteiger charge is -2.41. The molecule has 4 nitrogen and oxygen atoms in total. The largest absolute Gasteiger partial charge is 0.371 e. The van der Waals surface area contributed by atoms with E-state index in [1.54, 1.807) is 20.8 Å². The summed E-state index contributed by atoms with van der Waals surface area (Å²) < 4.78 is 23.7. The molecule has 3 rings (SSSR count). The lowest BCUT2D eigenvalue weighted by atomic mass is 9.99. The first-order valence-electron chi connectivity index (χ1n) is 13.1. The number of nitrogens with zero attached hydrogens (tertiary/aromatic N) is 2. The van der Waals surface area contributed by atoms with Gasteiger partial charge in [0.05, 0.1) is 10.5 Å². The molecule has 0 atom stereocenters. The third kappa shape index (κ3) is 7.48. The number of hydrogen-bond donors (Lipinski definition) is 0. The number of benzene rings is 1. The molecule has 0 aliphatic carbocycles. The van der Waals surface area contributed by atoms with E-state index in [1.165, 1.54) is 82.4 Å². The van der Waals surface area contributed by atoms with E-state index in [0.29, 0.717) is 5.75 Å². The number of unbranched alkanes of at least 4 members (excludes halogenated alkanes) is 4. The van der Waals surface area contributed by atoms with Crippen molar-refractivity contribution in [3.05, 3.63) is 29.8 Å². The summed E-state index contributed by atoms with van der Waals surface area (Å²) in [5.41, 5.74) is 2.80. The average molecular weight is 463 g/mol. The minimum atomic E-state index is -2.96. The fourth-order valence-electron chi connectivity index (χ4n) is 5.10. The van der Waals surface area contributed by atoms with Crippen molar-refractivity contribution in [2.24, 2.45) is 0 Å². The Kier molecular flexibility index (Phi) is 9.48. The molecule has 2 aliphatic rings. The van der Waals surface area contributed by atoms with Gasteiger partial charge in [-0.2, -0.15) is 0 Å². The molecule has 0 amide bonds. The summed E-state index contributed by atoms with van der Waals surface area (Å²) in [7, 11) is -2.96. The van der Waals surface area contributed by atoms with E-state index < -0.39 is 14.6 Å². The maximum atomic E-state index is 12.2. The first-order valence-corrected chi connectivity index (χ1v) is 14.7. The molecule has 182 valence electrons. The van der Waals surface area contributed by atoms with Gasteiger partial charge in [0.2, 0.25) is 0 Å². The van der Waals surface area contributed by atoms with Crippen LogP contribution in [0.1, 0.15) is 90.5 Å². The van der Waals surface area contributed by atoms with Crippen LogP contribution in [0.5, 0.6) is 0 Å². The van der Waals surface area contributed by atoms with Crippen LogP contribution in [0.3, 0.4) is 0 Å². The third-order valence-electron chi connectivity index (χ3n) is 7.48. The zero-order valence-electron chi connectivity index (χ0n) is 20.8. The van der Waals surface area contributed by atoms with Gasteiger partial charge in [-0.25, -0.2) is 8.42 Å². The van der Waals surface area contributed by atoms with E-state index >= 15 is 0 Å². The molecular formula is C27H46N2O2S. The number of rotatable bonds is 10. The minimum absolute atomic E-state index is 0.327. The van der Waals surface area contributed by atoms with E-state index in [9.17, 15) is 8.42 Å². The zero-order valence-corrected chi connectivity index (χ0v) is 21.6. The Hall–Kier alpha value is -1.07. The van der Waals surface area contributed by atoms with Crippen molar-refractivity contribution in [3.8, 4) is 0 Å². The van der Waals surface area contributed by atoms with Gasteiger partial charge in [0.1, 0.15) is 0 Å². The van der Waals surface area contributed by atoms with Gasteiger partial charge in [0.25, 0.3) is 0 Å². The fourth-order valence-corrected chi connectivity index (χ4v) is 6.30. The molecule has 32 heavy (non-hydrogen) atoms. The highest BCUT2D eigenvalue weighted by Crippen LogP contribution is 2.25. The number of anilines is 1. The molecule has 0 radical (unpaired) electrons. The Balaban J connectivity index is 1.30. The Labute approximate surface area is 197 Å². The van der Waals surface area contributed by atoms with Crippen LogP contribution in [0.2, 0.25) is 0 Å². The Morgan fingerprint density at radius 1 is 0.812 bits per heavy atom. The Morgan fingerprint density at radius 2 is 1.41 bits per heavy atom. The molecule has 2 heterocycles. The smallest absolute Gasteiger partial charge is 0.155 e. The molecule has 0 saturated carbocycles. The van der Waals surface area contributed by atoms with E-state index in [0.717, 1.165) is 31.7 Å². The predicted octanol–water partition coefficient (Wildman–Crippen LogP) is 5.85. The molecule has 0 unspecified atom stereocenters. The molecule has 1 aromatic carbocycles. The zero-order chi connectivity index (χ0) is 23.0. The summed E-state index contributed by atoms with van der Waals surface area (Å²) in [5.74, 6) is 0.327. The van der Waals surface area contributed by atoms with Crippen molar-refractivity contribution < 1.29 is 8.42 Å². The third-order valence-corrected chi connectivity index (χ3v) is 10.2. The highest BCUT2D eigenvalue weighted by atomic mass is 32.2. The van der Waals surface area contributed by atoms with Crippen LogP contribution >= 0.6 is 0 Å². The Morgan fingerprint density at radius 3 is 2.03 bits per heavy atom. The topological polar surface area (TPSA) is 40.6 Å². The number of sulfone groups is 1. The maximum Gasteiger partial charge on any atom is 0.155 e. The maximum absolute atomic E-state index is 12.2. The second kappa shape index (κ2) is 11.9. The van der Waals surface area contributed by atoms with Crippen molar-refractivity contribution in [2.45, 2.75) is 102 Å². The molecule has 2 saturated heterocycles. The molecule has 0 bridgehead atoms. The standard InChI is InChI=1S/C27H46N2O2S/c1-27(2,3)32(30,31)23-11-6-4-5-8-12-24-13-15-25(16-14-24)29-21-17-26(18-22-29)28-19-9-7-10-20-28/h13-16,26H,4-12,17-23H2,1-3H3. The molecule has 5 heteroatoms.